The third kappa shape index (κ3) is 4.69. The normalized spacial score (nSPS) is 14.4. The molecule has 1 unspecified atom stereocenters. The zero-order valence-electron chi connectivity index (χ0n) is 16.9. The molecule has 1 aliphatic heterocycles. The van der Waals surface area contributed by atoms with Gasteiger partial charge in [-0.05, 0) is 42.7 Å². The fourth-order valence-corrected chi connectivity index (χ4v) is 3.79. The van der Waals surface area contributed by atoms with Crippen molar-refractivity contribution >= 4 is 17.6 Å². The lowest BCUT2D eigenvalue weighted by molar-refractivity contribution is -0.137. The van der Waals surface area contributed by atoms with Crippen LogP contribution in [0.5, 0.6) is 5.88 Å². The van der Waals surface area contributed by atoms with Crippen molar-refractivity contribution in [3.63, 3.8) is 0 Å². The molecule has 8 nitrogen and oxygen atoms in total. The molecule has 160 valence electrons. The number of carbonyl (C=O) groups excluding carboxylic acids is 1. The number of hydrogen-bond acceptors (Lipinski definition) is 5. The Labute approximate surface area is 179 Å². The Balaban J connectivity index is 1.53. The molecule has 1 aromatic heterocycles. The van der Waals surface area contributed by atoms with E-state index in [1.807, 2.05) is 30.3 Å². The van der Waals surface area contributed by atoms with E-state index in [1.165, 1.54) is 23.6 Å². The summed E-state index contributed by atoms with van der Waals surface area (Å²) in [5.41, 5.74) is 2.41. The van der Waals surface area contributed by atoms with Gasteiger partial charge < -0.3 is 20.4 Å². The molecule has 1 aliphatic rings. The van der Waals surface area contributed by atoms with Crippen LogP contribution in [0.1, 0.15) is 41.4 Å². The van der Waals surface area contributed by atoms with Gasteiger partial charge in [0.25, 0.3) is 5.91 Å². The van der Waals surface area contributed by atoms with Crippen molar-refractivity contribution in [2.24, 2.45) is 0 Å². The Morgan fingerprint density at radius 2 is 1.68 bits per heavy atom. The zero-order valence-corrected chi connectivity index (χ0v) is 16.9. The topological polar surface area (TPSA) is 108 Å². The highest BCUT2D eigenvalue weighted by molar-refractivity contribution is 5.93. The molecule has 1 atom stereocenters. The van der Waals surface area contributed by atoms with Gasteiger partial charge in [-0.25, -0.2) is 4.68 Å². The van der Waals surface area contributed by atoms with Gasteiger partial charge in [-0.2, -0.15) is 5.10 Å². The van der Waals surface area contributed by atoms with E-state index in [0.29, 0.717) is 11.3 Å². The molecule has 0 aliphatic carbocycles. The van der Waals surface area contributed by atoms with Crippen molar-refractivity contribution < 1.29 is 19.8 Å². The third-order valence-corrected chi connectivity index (χ3v) is 5.37. The van der Waals surface area contributed by atoms with Crippen LogP contribution in [0.15, 0.2) is 60.7 Å². The summed E-state index contributed by atoms with van der Waals surface area (Å²) >= 11 is 0. The number of rotatable bonds is 7. The summed E-state index contributed by atoms with van der Waals surface area (Å²) in [7, 11) is 0. The quantitative estimate of drug-likeness (QED) is 0.542. The van der Waals surface area contributed by atoms with Gasteiger partial charge in [-0.15, -0.1) is 0 Å². The summed E-state index contributed by atoms with van der Waals surface area (Å²) in [4.78, 5) is 26.5. The van der Waals surface area contributed by atoms with Crippen LogP contribution in [-0.2, 0) is 4.79 Å². The van der Waals surface area contributed by atoms with Crippen molar-refractivity contribution in [1.29, 1.82) is 0 Å². The summed E-state index contributed by atoms with van der Waals surface area (Å²) in [6, 6.07) is 17.1. The monoisotopic (exact) mass is 420 g/mol. The van der Waals surface area contributed by atoms with Gasteiger partial charge >= 0.3 is 5.97 Å². The van der Waals surface area contributed by atoms with Crippen molar-refractivity contribution in [3.8, 4) is 11.6 Å². The molecule has 0 saturated carbocycles. The van der Waals surface area contributed by atoms with E-state index in [-0.39, 0.29) is 18.0 Å². The lowest BCUT2D eigenvalue weighted by Gasteiger charge is -2.20. The van der Waals surface area contributed by atoms with Gasteiger partial charge in [-0.1, -0.05) is 30.3 Å². The number of carboxylic acids is 1. The SMILES string of the molecule is O=C(O)CC(NC(=O)c1cc(O)n(-c2ccccc2)n1)c1ccc(N2CCCC2)cc1. The number of nitrogens with one attached hydrogen (secondary N) is 1. The van der Waals surface area contributed by atoms with Gasteiger partial charge in [0.05, 0.1) is 18.2 Å². The van der Waals surface area contributed by atoms with Crippen LogP contribution in [0.4, 0.5) is 5.69 Å². The largest absolute Gasteiger partial charge is 0.493 e. The Kier molecular flexibility index (Phi) is 5.88. The Morgan fingerprint density at radius 3 is 2.32 bits per heavy atom. The maximum absolute atomic E-state index is 12.8. The predicted octanol–water partition coefficient (Wildman–Crippen LogP) is 3.12. The summed E-state index contributed by atoms with van der Waals surface area (Å²) < 4.78 is 1.26. The number of aromatic nitrogens is 2. The standard InChI is InChI=1S/C23H24N4O4/c28-21-14-20(25-27(21)18-6-2-1-3-7-18)23(31)24-19(15-22(29)30)16-8-10-17(11-9-16)26-12-4-5-13-26/h1-3,6-11,14,19,28H,4-5,12-13,15H2,(H,24,31)(H,29,30). The smallest absolute Gasteiger partial charge is 0.305 e. The van der Waals surface area contributed by atoms with E-state index in [2.05, 4.69) is 15.3 Å². The second-order valence-corrected chi connectivity index (χ2v) is 7.54. The fourth-order valence-electron chi connectivity index (χ4n) is 3.79. The highest BCUT2D eigenvalue weighted by Gasteiger charge is 2.22. The molecule has 2 aromatic carbocycles. The lowest BCUT2D eigenvalue weighted by Crippen LogP contribution is -2.30. The lowest BCUT2D eigenvalue weighted by atomic mass is 10.0. The number of aliphatic carboxylic acids is 1. The first kappa shape index (κ1) is 20.5. The minimum Gasteiger partial charge on any atom is -0.493 e. The highest BCUT2D eigenvalue weighted by atomic mass is 16.4. The number of anilines is 1. The molecule has 3 aromatic rings. The van der Waals surface area contributed by atoms with E-state index in [0.717, 1.165) is 18.8 Å². The first-order chi connectivity index (χ1) is 15.0. The summed E-state index contributed by atoms with van der Waals surface area (Å²) in [6.07, 6.45) is 2.07. The summed E-state index contributed by atoms with van der Waals surface area (Å²) in [5, 5.41) is 26.4. The molecule has 2 heterocycles. The minimum absolute atomic E-state index is 0.00503. The molecule has 1 fully saturated rings. The summed E-state index contributed by atoms with van der Waals surface area (Å²) in [6.45, 7) is 2.03. The predicted molar refractivity (Wildman–Crippen MR) is 116 cm³/mol. The first-order valence-electron chi connectivity index (χ1n) is 10.2. The van der Waals surface area contributed by atoms with E-state index in [9.17, 15) is 19.8 Å². The van der Waals surface area contributed by atoms with Gasteiger partial charge in [0.2, 0.25) is 5.88 Å². The third-order valence-electron chi connectivity index (χ3n) is 5.37. The molecule has 1 saturated heterocycles. The summed E-state index contributed by atoms with van der Waals surface area (Å²) in [5.74, 6) is -1.76. The molecule has 8 heteroatoms. The van der Waals surface area contributed by atoms with Crippen molar-refractivity contribution in [2.75, 3.05) is 18.0 Å². The second-order valence-electron chi connectivity index (χ2n) is 7.54. The molecule has 0 bridgehead atoms. The maximum atomic E-state index is 12.8. The minimum atomic E-state index is -1.02. The zero-order chi connectivity index (χ0) is 21.8. The van der Waals surface area contributed by atoms with Gasteiger partial charge in [0.15, 0.2) is 5.69 Å². The Hall–Kier alpha value is -3.81. The van der Waals surface area contributed by atoms with E-state index in [1.54, 1.807) is 24.3 Å². The molecule has 0 spiro atoms. The van der Waals surface area contributed by atoms with Crippen LogP contribution in [-0.4, -0.2) is 45.0 Å². The fraction of sp³-hybridized carbons (Fsp3) is 0.261. The molecule has 0 radical (unpaired) electrons. The molecule has 4 rings (SSSR count). The number of amides is 1. The van der Waals surface area contributed by atoms with E-state index >= 15 is 0 Å². The van der Waals surface area contributed by atoms with Crippen LogP contribution in [0, 0.1) is 0 Å². The van der Waals surface area contributed by atoms with Crippen molar-refractivity contribution in [1.82, 2.24) is 15.1 Å². The Morgan fingerprint density at radius 1 is 1.00 bits per heavy atom. The number of aromatic hydroxyl groups is 1. The van der Waals surface area contributed by atoms with Crippen molar-refractivity contribution in [3.05, 3.63) is 71.9 Å². The van der Waals surface area contributed by atoms with Gasteiger partial charge in [0.1, 0.15) is 0 Å². The van der Waals surface area contributed by atoms with Crippen LogP contribution in [0.3, 0.4) is 0 Å². The number of para-hydroxylation sites is 1. The number of carbonyl (C=O) groups is 2. The molecular formula is C23H24N4O4. The molecule has 31 heavy (non-hydrogen) atoms. The number of carboxylic acid groups (broad SMARTS) is 1. The molecular weight excluding hydrogens is 396 g/mol. The average molecular weight is 420 g/mol. The number of benzene rings is 2. The number of nitrogens with zero attached hydrogens (tertiary/aromatic N) is 3. The highest BCUT2D eigenvalue weighted by Crippen LogP contribution is 2.25. The van der Waals surface area contributed by atoms with Crippen LogP contribution in [0.2, 0.25) is 0 Å². The van der Waals surface area contributed by atoms with E-state index in [4.69, 9.17) is 0 Å². The van der Waals surface area contributed by atoms with Gasteiger partial charge in [0, 0.05) is 24.8 Å². The van der Waals surface area contributed by atoms with Crippen molar-refractivity contribution in [2.45, 2.75) is 25.3 Å². The molecule has 3 N–H and O–H groups in total. The van der Waals surface area contributed by atoms with Crippen LogP contribution >= 0.6 is 0 Å². The molecule has 1 amide bonds. The van der Waals surface area contributed by atoms with Crippen LogP contribution in [0.25, 0.3) is 5.69 Å². The maximum Gasteiger partial charge on any atom is 0.305 e. The van der Waals surface area contributed by atoms with Gasteiger partial charge in [-0.3, -0.25) is 9.59 Å². The Bertz CT molecular complexity index is 1060. The van der Waals surface area contributed by atoms with E-state index < -0.39 is 17.9 Å². The first-order valence-corrected chi connectivity index (χ1v) is 10.2. The second kappa shape index (κ2) is 8.91. The average Bonchev–Trinajstić information content (AvgIpc) is 3.44. The van der Waals surface area contributed by atoms with Crippen LogP contribution < -0.4 is 10.2 Å². The number of hydrogen-bond donors (Lipinski definition) is 3.